The number of carbonyl (C=O) groups excluding carboxylic acids is 1. The van der Waals surface area contributed by atoms with Gasteiger partial charge in [0.1, 0.15) is 5.82 Å². The van der Waals surface area contributed by atoms with Crippen molar-refractivity contribution in [3.8, 4) is 0 Å². The summed E-state index contributed by atoms with van der Waals surface area (Å²) in [7, 11) is 4.10. The lowest BCUT2D eigenvalue weighted by Crippen LogP contribution is -2.29. The monoisotopic (exact) mass is 433 g/mol. The summed E-state index contributed by atoms with van der Waals surface area (Å²) in [5, 5.41) is 3.87. The van der Waals surface area contributed by atoms with Gasteiger partial charge in [0.2, 0.25) is 11.6 Å². The number of nitrogens with zero attached hydrogens (tertiary/aromatic N) is 3. The minimum absolute atomic E-state index is 0.0770. The van der Waals surface area contributed by atoms with Gasteiger partial charge in [-0.2, -0.15) is 4.98 Å². The number of hydrogen-bond donors (Lipinski definition) is 0. The minimum atomic E-state index is -0.244. The number of benzene rings is 2. The van der Waals surface area contributed by atoms with Gasteiger partial charge in [-0.3, -0.25) is 4.79 Å². The maximum Gasteiger partial charge on any atom is 0.250 e. The number of ketones is 1. The van der Waals surface area contributed by atoms with Crippen molar-refractivity contribution in [2.45, 2.75) is 38.6 Å². The zero-order valence-corrected chi connectivity index (χ0v) is 18.7. The van der Waals surface area contributed by atoms with Gasteiger partial charge in [-0.1, -0.05) is 52.7 Å². The van der Waals surface area contributed by atoms with Crippen LogP contribution in [0.25, 0.3) is 6.08 Å². The quantitative estimate of drug-likeness (QED) is 0.472. The van der Waals surface area contributed by atoms with Gasteiger partial charge in [0, 0.05) is 17.7 Å². The van der Waals surface area contributed by atoms with Gasteiger partial charge in [-0.25, -0.2) is 4.39 Å². The predicted octanol–water partition coefficient (Wildman–Crippen LogP) is 5.62. The van der Waals surface area contributed by atoms with E-state index < -0.39 is 0 Å². The summed E-state index contributed by atoms with van der Waals surface area (Å²) in [5.41, 5.74) is 3.88. The Morgan fingerprint density at radius 2 is 1.88 bits per heavy atom. The lowest BCUT2D eigenvalue weighted by molar-refractivity contribution is 0.102. The van der Waals surface area contributed by atoms with Crippen molar-refractivity contribution in [3.63, 3.8) is 0 Å². The molecule has 1 aromatic heterocycles. The zero-order valence-electron chi connectivity index (χ0n) is 18.7. The normalized spacial score (nSPS) is 17.4. The van der Waals surface area contributed by atoms with Gasteiger partial charge < -0.3 is 9.42 Å². The van der Waals surface area contributed by atoms with Crippen LogP contribution in [0.15, 0.2) is 58.6 Å². The summed E-state index contributed by atoms with van der Waals surface area (Å²) >= 11 is 0. The molecule has 1 saturated carbocycles. The molecule has 0 N–H and O–H groups in total. The number of carbonyl (C=O) groups is 1. The molecule has 5 nitrogen and oxygen atoms in total. The van der Waals surface area contributed by atoms with Crippen LogP contribution >= 0.6 is 0 Å². The molecule has 0 aliphatic heterocycles. The number of aryl methyl sites for hydroxylation is 1. The second-order valence-corrected chi connectivity index (χ2v) is 8.75. The number of halogens is 1. The third-order valence-corrected chi connectivity index (χ3v) is 6.15. The Morgan fingerprint density at radius 3 is 2.53 bits per heavy atom. The molecular weight excluding hydrogens is 405 g/mol. The third-order valence-electron chi connectivity index (χ3n) is 6.15. The van der Waals surface area contributed by atoms with Crippen molar-refractivity contribution >= 4 is 11.9 Å². The molecule has 0 radical (unpaired) electrons. The molecule has 1 atom stereocenters. The zero-order chi connectivity index (χ0) is 22.7. The molecule has 2 aromatic carbocycles. The summed E-state index contributed by atoms with van der Waals surface area (Å²) in [6.45, 7) is 1.97. The van der Waals surface area contributed by atoms with E-state index in [-0.39, 0.29) is 23.5 Å². The summed E-state index contributed by atoms with van der Waals surface area (Å²) in [4.78, 5) is 19.0. The first-order valence-corrected chi connectivity index (χ1v) is 11.0. The Labute approximate surface area is 188 Å². The Balaban J connectivity index is 1.42. The van der Waals surface area contributed by atoms with E-state index in [0.29, 0.717) is 17.4 Å². The van der Waals surface area contributed by atoms with E-state index in [1.54, 1.807) is 24.3 Å². The van der Waals surface area contributed by atoms with Gasteiger partial charge in [0.15, 0.2) is 0 Å². The third kappa shape index (κ3) is 5.02. The van der Waals surface area contributed by atoms with Crippen LogP contribution in [0.5, 0.6) is 0 Å². The summed E-state index contributed by atoms with van der Waals surface area (Å²) in [6.07, 6.45) is 5.72. The van der Waals surface area contributed by atoms with Crippen LogP contribution < -0.4 is 0 Å². The van der Waals surface area contributed by atoms with Gasteiger partial charge in [0.25, 0.3) is 5.89 Å². The number of aromatic nitrogens is 2. The molecule has 1 unspecified atom stereocenters. The number of allylic oxidation sites excluding steroid dienone is 1. The Morgan fingerprint density at radius 1 is 1.16 bits per heavy atom. The number of hydrogen-bond acceptors (Lipinski definition) is 5. The fourth-order valence-corrected chi connectivity index (χ4v) is 4.55. The highest BCUT2D eigenvalue weighted by molar-refractivity contribution is 6.06. The predicted molar refractivity (Wildman–Crippen MR) is 122 cm³/mol. The molecule has 0 bridgehead atoms. The second-order valence-electron chi connectivity index (χ2n) is 8.75. The maximum atomic E-state index is 13.8. The lowest BCUT2D eigenvalue weighted by atomic mass is 9.78. The Hall–Kier alpha value is -3.12. The van der Waals surface area contributed by atoms with Crippen LogP contribution in [0.2, 0.25) is 0 Å². The smallest absolute Gasteiger partial charge is 0.250 e. The molecule has 0 saturated heterocycles. The van der Waals surface area contributed by atoms with Crippen LogP contribution in [0.1, 0.15) is 64.9 Å². The number of rotatable bonds is 6. The van der Waals surface area contributed by atoms with Crippen molar-refractivity contribution in [3.05, 3.63) is 88.3 Å². The standard InChI is InChI=1S/C26H28FN3O2/c1-17-7-11-20(12-8-17)25(31)26-28-23(32-29-26)15-18-9-13-19(14-10-18)24(30(2)3)21-5-4-6-22(27)16-21/h4-8,11-12,15-16,19,24H,9-10,13-14H2,1-3H3. The Bertz CT molecular complexity index is 1110. The first-order chi connectivity index (χ1) is 15.4. The van der Waals surface area contributed by atoms with Crippen LogP contribution in [-0.4, -0.2) is 34.9 Å². The molecule has 32 heavy (non-hydrogen) atoms. The topological polar surface area (TPSA) is 59.2 Å². The van der Waals surface area contributed by atoms with Crippen LogP contribution in [0, 0.1) is 18.7 Å². The van der Waals surface area contributed by atoms with Crippen molar-refractivity contribution in [1.82, 2.24) is 15.0 Å². The lowest BCUT2D eigenvalue weighted by Gasteiger charge is -2.36. The van der Waals surface area contributed by atoms with Gasteiger partial charge in [-0.15, -0.1) is 0 Å². The molecular formula is C26H28FN3O2. The highest BCUT2D eigenvalue weighted by Crippen LogP contribution is 2.39. The van der Waals surface area contributed by atoms with E-state index in [1.165, 1.54) is 11.6 Å². The van der Waals surface area contributed by atoms with Crippen molar-refractivity contribution in [2.75, 3.05) is 14.1 Å². The van der Waals surface area contributed by atoms with Crippen molar-refractivity contribution in [2.24, 2.45) is 5.92 Å². The first-order valence-electron chi connectivity index (χ1n) is 11.0. The summed E-state index contributed by atoms with van der Waals surface area (Å²) < 4.78 is 19.1. The highest BCUT2D eigenvalue weighted by atomic mass is 19.1. The van der Waals surface area contributed by atoms with E-state index in [1.807, 2.05) is 45.3 Å². The molecule has 0 amide bonds. The molecule has 1 aliphatic rings. The highest BCUT2D eigenvalue weighted by Gasteiger charge is 2.28. The van der Waals surface area contributed by atoms with Gasteiger partial charge in [0.05, 0.1) is 0 Å². The second kappa shape index (κ2) is 9.57. The van der Waals surface area contributed by atoms with E-state index in [9.17, 15) is 9.18 Å². The van der Waals surface area contributed by atoms with Crippen LogP contribution in [0.4, 0.5) is 4.39 Å². The summed E-state index contributed by atoms with van der Waals surface area (Å²) in [5.74, 6) is 0.436. The van der Waals surface area contributed by atoms with Gasteiger partial charge in [-0.05, 0) is 70.3 Å². The maximum absolute atomic E-state index is 13.8. The molecule has 3 aromatic rings. The molecule has 4 rings (SSSR count). The SMILES string of the molecule is Cc1ccc(C(=O)c2noc(C=C3CCC(C(c4cccc(F)c4)N(C)C)CC3)n2)cc1. The van der Waals surface area contributed by atoms with Crippen molar-refractivity contribution < 1.29 is 13.7 Å². The molecule has 1 fully saturated rings. The van der Waals surface area contributed by atoms with E-state index >= 15 is 0 Å². The molecule has 1 heterocycles. The van der Waals surface area contributed by atoms with E-state index in [0.717, 1.165) is 36.8 Å². The van der Waals surface area contributed by atoms with Gasteiger partial charge >= 0.3 is 0 Å². The largest absolute Gasteiger partial charge is 0.334 e. The van der Waals surface area contributed by atoms with E-state index in [2.05, 4.69) is 15.0 Å². The first kappa shape index (κ1) is 22.1. The average molecular weight is 434 g/mol. The minimum Gasteiger partial charge on any atom is -0.334 e. The molecule has 1 aliphatic carbocycles. The Kier molecular flexibility index (Phi) is 6.61. The van der Waals surface area contributed by atoms with E-state index in [4.69, 9.17) is 4.52 Å². The molecule has 6 heteroatoms. The fourth-order valence-electron chi connectivity index (χ4n) is 4.55. The molecule has 166 valence electrons. The van der Waals surface area contributed by atoms with Crippen LogP contribution in [-0.2, 0) is 0 Å². The van der Waals surface area contributed by atoms with Crippen molar-refractivity contribution in [1.29, 1.82) is 0 Å². The fraction of sp³-hybridized carbons (Fsp3) is 0.346. The molecule has 0 spiro atoms. The summed E-state index contributed by atoms with van der Waals surface area (Å²) in [6, 6.07) is 14.4. The average Bonchev–Trinajstić information content (AvgIpc) is 3.23. The van der Waals surface area contributed by atoms with Crippen LogP contribution in [0.3, 0.4) is 0 Å².